The number of hydrogen-bond donors (Lipinski definition) is 0. The van der Waals surface area contributed by atoms with Gasteiger partial charge in [-0.05, 0) is 12.8 Å². The molecule has 14 heavy (non-hydrogen) atoms. The van der Waals surface area contributed by atoms with E-state index >= 15 is 0 Å². The second-order valence-electron chi connectivity index (χ2n) is 4.03. The van der Waals surface area contributed by atoms with Gasteiger partial charge in [-0.25, -0.2) is 0 Å². The van der Waals surface area contributed by atoms with Gasteiger partial charge in [0.05, 0.1) is 0 Å². The summed E-state index contributed by atoms with van der Waals surface area (Å²) in [5.41, 5.74) is 0. The summed E-state index contributed by atoms with van der Waals surface area (Å²) in [7, 11) is 0. The van der Waals surface area contributed by atoms with E-state index in [-0.39, 0.29) is 0 Å². The maximum atomic E-state index is 4.26. The van der Waals surface area contributed by atoms with Crippen LogP contribution in [0.3, 0.4) is 0 Å². The first-order valence-corrected chi connectivity index (χ1v) is 6.24. The predicted molar refractivity (Wildman–Crippen MR) is 58.6 cm³/mol. The highest BCUT2D eigenvalue weighted by atomic mass is 32.2. The van der Waals surface area contributed by atoms with Gasteiger partial charge in [0.15, 0.2) is 5.16 Å². The minimum atomic E-state index is 0.589. The fourth-order valence-corrected chi connectivity index (χ4v) is 2.59. The Balaban J connectivity index is 2.20. The zero-order valence-electron chi connectivity index (χ0n) is 8.86. The Morgan fingerprint density at radius 3 is 2.86 bits per heavy atom. The first kappa shape index (κ1) is 10.0. The van der Waals surface area contributed by atoms with Crippen LogP contribution in [0.25, 0.3) is 0 Å². The molecule has 1 aromatic rings. The molecule has 0 spiro atoms. The molecule has 1 aliphatic heterocycles. The zero-order chi connectivity index (χ0) is 9.97. The maximum absolute atomic E-state index is 4.26. The Morgan fingerprint density at radius 2 is 2.07 bits per heavy atom. The van der Waals surface area contributed by atoms with Crippen LogP contribution in [0.1, 0.15) is 38.9 Å². The van der Waals surface area contributed by atoms with Crippen LogP contribution in [0.15, 0.2) is 5.16 Å². The summed E-state index contributed by atoms with van der Waals surface area (Å²) in [4.78, 5) is 0. The third kappa shape index (κ3) is 2.11. The van der Waals surface area contributed by atoms with E-state index in [1.165, 1.54) is 25.1 Å². The predicted octanol–water partition coefficient (Wildman–Crippen LogP) is 2.51. The fourth-order valence-electron chi connectivity index (χ4n) is 1.76. The average molecular weight is 211 g/mol. The van der Waals surface area contributed by atoms with E-state index in [2.05, 4.69) is 28.6 Å². The number of thioether (sulfide) groups is 1. The van der Waals surface area contributed by atoms with E-state index in [9.17, 15) is 0 Å². The molecule has 3 nitrogen and oxygen atoms in total. The molecule has 0 atom stereocenters. The molecular weight excluding hydrogens is 194 g/mol. The molecule has 0 N–H and O–H groups in total. The van der Waals surface area contributed by atoms with E-state index in [0.29, 0.717) is 5.25 Å². The highest BCUT2D eigenvalue weighted by Gasteiger charge is 2.15. The third-order valence-electron chi connectivity index (χ3n) is 2.42. The molecule has 0 saturated carbocycles. The SMILES string of the molecule is CC(C)Sc1nnc2n1CCCCC2. The lowest BCUT2D eigenvalue weighted by Crippen LogP contribution is -2.03. The Morgan fingerprint density at radius 1 is 1.21 bits per heavy atom. The molecule has 0 saturated heterocycles. The Hall–Kier alpha value is -0.510. The van der Waals surface area contributed by atoms with Crippen molar-refractivity contribution in [2.75, 3.05) is 0 Å². The Labute approximate surface area is 89.3 Å². The van der Waals surface area contributed by atoms with E-state index in [1.54, 1.807) is 0 Å². The quantitative estimate of drug-likeness (QED) is 0.704. The summed E-state index contributed by atoms with van der Waals surface area (Å²) in [5.74, 6) is 1.19. The number of nitrogens with zero attached hydrogens (tertiary/aromatic N) is 3. The van der Waals surface area contributed by atoms with Gasteiger partial charge < -0.3 is 4.57 Å². The van der Waals surface area contributed by atoms with Crippen molar-refractivity contribution in [1.82, 2.24) is 14.8 Å². The number of rotatable bonds is 2. The second-order valence-corrected chi connectivity index (χ2v) is 5.57. The average Bonchev–Trinajstić information content (AvgIpc) is 2.37. The van der Waals surface area contributed by atoms with Crippen molar-refractivity contribution in [2.24, 2.45) is 0 Å². The van der Waals surface area contributed by atoms with E-state index < -0.39 is 0 Å². The van der Waals surface area contributed by atoms with E-state index in [0.717, 1.165) is 18.1 Å². The number of aromatic nitrogens is 3. The number of fused-ring (bicyclic) bond motifs is 1. The Kier molecular flexibility index (Phi) is 3.11. The first-order chi connectivity index (χ1) is 6.77. The first-order valence-electron chi connectivity index (χ1n) is 5.36. The topological polar surface area (TPSA) is 30.7 Å². The molecule has 78 valence electrons. The minimum Gasteiger partial charge on any atom is -0.306 e. The molecule has 4 heteroatoms. The summed E-state index contributed by atoms with van der Waals surface area (Å²) in [6.45, 7) is 5.50. The highest BCUT2D eigenvalue weighted by molar-refractivity contribution is 7.99. The third-order valence-corrected chi connectivity index (χ3v) is 3.40. The molecule has 0 aromatic carbocycles. The van der Waals surface area contributed by atoms with Crippen LogP contribution in [-0.2, 0) is 13.0 Å². The second kappa shape index (κ2) is 4.34. The molecular formula is C10H17N3S. The van der Waals surface area contributed by atoms with Gasteiger partial charge in [-0.3, -0.25) is 0 Å². The molecule has 0 aliphatic carbocycles. The van der Waals surface area contributed by atoms with Crippen molar-refractivity contribution < 1.29 is 0 Å². The van der Waals surface area contributed by atoms with Crippen LogP contribution in [0.2, 0.25) is 0 Å². The zero-order valence-corrected chi connectivity index (χ0v) is 9.68. The van der Waals surface area contributed by atoms with E-state index in [4.69, 9.17) is 0 Å². The van der Waals surface area contributed by atoms with Gasteiger partial charge >= 0.3 is 0 Å². The van der Waals surface area contributed by atoms with Crippen molar-refractivity contribution in [3.8, 4) is 0 Å². The van der Waals surface area contributed by atoms with E-state index in [1.807, 2.05) is 11.8 Å². The summed E-state index contributed by atoms with van der Waals surface area (Å²) in [6.07, 6.45) is 4.97. The van der Waals surface area contributed by atoms with Crippen LogP contribution >= 0.6 is 11.8 Å². The largest absolute Gasteiger partial charge is 0.306 e. The molecule has 0 radical (unpaired) electrons. The van der Waals surface area contributed by atoms with Crippen molar-refractivity contribution in [2.45, 2.75) is 56.5 Å². The van der Waals surface area contributed by atoms with Gasteiger partial charge in [0.1, 0.15) is 5.82 Å². The lowest BCUT2D eigenvalue weighted by Gasteiger charge is -2.07. The van der Waals surface area contributed by atoms with Crippen molar-refractivity contribution in [1.29, 1.82) is 0 Å². The standard InChI is InChI=1S/C10H17N3S/c1-8(2)14-10-12-11-9-6-4-3-5-7-13(9)10/h8H,3-7H2,1-2H3. The maximum Gasteiger partial charge on any atom is 0.191 e. The smallest absolute Gasteiger partial charge is 0.191 e. The molecule has 0 fully saturated rings. The summed E-state index contributed by atoms with van der Waals surface area (Å²) < 4.78 is 2.30. The molecule has 0 unspecified atom stereocenters. The summed E-state index contributed by atoms with van der Waals surface area (Å²) in [5, 5.41) is 10.2. The molecule has 2 heterocycles. The lowest BCUT2D eigenvalue weighted by atomic mass is 10.2. The van der Waals surface area contributed by atoms with Crippen molar-refractivity contribution in [3.63, 3.8) is 0 Å². The van der Waals surface area contributed by atoms with Crippen LogP contribution < -0.4 is 0 Å². The molecule has 2 rings (SSSR count). The molecule has 1 aromatic heterocycles. The van der Waals surface area contributed by atoms with Gasteiger partial charge in [-0.1, -0.05) is 32.0 Å². The normalized spacial score (nSPS) is 16.8. The molecule has 1 aliphatic rings. The van der Waals surface area contributed by atoms with Crippen LogP contribution in [0, 0.1) is 0 Å². The lowest BCUT2D eigenvalue weighted by molar-refractivity contribution is 0.590. The van der Waals surface area contributed by atoms with Gasteiger partial charge in [0.25, 0.3) is 0 Å². The summed E-state index contributed by atoms with van der Waals surface area (Å²) >= 11 is 1.82. The van der Waals surface area contributed by atoms with Gasteiger partial charge in [-0.15, -0.1) is 10.2 Å². The van der Waals surface area contributed by atoms with Crippen LogP contribution in [0.4, 0.5) is 0 Å². The van der Waals surface area contributed by atoms with Crippen molar-refractivity contribution in [3.05, 3.63) is 5.82 Å². The van der Waals surface area contributed by atoms with Gasteiger partial charge in [-0.2, -0.15) is 0 Å². The fraction of sp³-hybridized carbons (Fsp3) is 0.800. The van der Waals surface area contributed by atoms with Gasteiger partial charge in [0, 0.05) is 18.2 Å². The van der Waals surface area contributed by atoms with Crippen molar-refractivity contribution >= 4 is 11.8 Å². The highest BCUT2D eigenvalue weighted by Crippen LogP contribution is 2.24. The Bertz CT molecular complexity index is 306. The number of aryl methyl sites for hydroxylation is 1. The molecule has 0 bridgehead atoms. The minimum absolute atomic E-state index is 0.589. The van der Waals surface area contributed by atoms with Crippen LogP contribution in [0.5, 0.6) is 0 Å². The van der Waals surface area contributed by atoms with Gasteiger partial charge in [0.2, 0.25) is 0 Å². The summed E-state index contributed by atoms with van der Waals surface area (Å²) in [6, 6.07) is 0. The monoisotopic (exact) mass is 211 g/mol. The van der Waals surface area contributed by atoms with Crippen LogP contribution in [-0.4, -0.2) is 20.0 Å². The molecule has 0 amide bonds. The number of hydrogen-bond acceptors (Lipinski definition) is 3.